The molecule has 0 spiro atoms. The van der Waals surface area contributed by atoms with E-state index in [9.17, 15) is 0 Å². The minimum atomic E-state index is 0.526. The summed E-state index contributed by atoms with van der Waals surface area (Å²) >= 11 is 0. The second-order valence-electron chi connectivity index (χ2n) is 5.45. The minimum Gasteiger partial charge on any atom is -0.490 e. The Morgan fingerprint density at radius 3 is 2.65 bits per heavy atom. The quantitative estimate of drug-likeness (QED) is 0.592. The van der Waals surface area contributed by atoms with E-state index >= 15 is 0 Å². The number of aromatic nitrogens is 2. The van der Waals surface area contributed by atoms with Crippen LogP contribution in [-0.2, 0) is 0 Å². The van der Waals surface area contributed by atoms with Crippen molar-refractivity contribution in [2.24, 2.45) is 11.8 Å². The van der Waals surface area contributed by atoms with Crippen molar-refractivity contribution in [2.45, 2.75) is 12.8 Å². The SMILES string of the molecule is COc1c(NN)ncnc1N1CCN(CC2CC2)CC1. The van der Waals surface area contributed by atoms with Crippen LogP contribution in [0.5, 0.6) is 5.75 Å². The number of nitrogens with one attached hydrogen (secondary N) is 1. The first-order valence-electron chi connectivity index (χ1n) is 7.14. The minimum absolute atomic E-state index is 0.526. The van der Waals surface area contributed by atoms with Gasteiger partial charge in [-0.1, -0.05) is 0 Å². The maximum Gasteiger partial charge on any atom is 0.205 e. The van der Waals surface area contributed by atoms with E-state index in [1.54, 1.807) is 7.11 Å². The molecule has 1 saturated heterocycles. The van der Waals surface area contributed by atoms with Gasteiger partial charge in [0.05, 0.1) is 7.11 Å². The lowest BCUT2D eigenvalue weighted by Crippen LogP contribution is -2.47. The summed E-state index contributed by atoms with van der Waals surface area (Å²) in [6, 6.07) is 0. The third-order valence-corrected chi connectivity index (χ3v) is 4.01. The number of hydrazine groups is 1. The van der Waals surface area contributed by atoms with Gasteiger partial charge in [0, 0.05) is 32.7 Å². The van der Waals surface area contributed by atoms with Crippen LogP contribution in [0.1, 0.15) is 12.8 Å². The van der Waals surface area contributed by atoms with Crippen LogP contribution in [0.15, 0.2) is 6.33 Å². The van der Waals surface area contributed by atoms with Crippen LogP contribution < -0.4 is 20.9 Å². The Morgan fingerprint density at radius 2 is 2.05 bits per heavy atom. The predicted molar refractivity (Wildman–Crippen MR) is 77.8 cm³/mol. The van der Waals surface area contributed by atoms with Crippen LogP contribution in [0.4, 0.5) is 11.6 Å². The Bertz CT molecular complexity index is 456. The largest absolute Gasteiger partial charge is 0.490 e. The monoisotopic (exact) mass is 278 g/mol. The number of rotatable bonds is 5. The average molecular weight is 278 g/mol. The molecule has 20 heavy (non-hydrogen) atoms. The third kappa shape index (κ3) is 2.78. The molecule has 0 aromatic carbocycles. The summed E-state index contributed by atoms with van der Waals surface area (Å²) in [4.78, 5) is 13.2. The summed E-state index contributed by atoms with van der Waals surface area (Å²) in [7, 11) is 1.62. The first kappa shape index (κ1) is 13.4. The molecule has 1 saturated carbocycles. The van der Waals surface area contributed by atoms with Crippen LogP contribution in [-0.4, -0.2) is 54.7 Å². The van der Waals surface area contributed by atoms with E-state index in [-0.39, 0.29) is 0 Å². The van der Waals surface area contributed by atoms with Crippen molar-refractivity contribution in [2.75, 3.05) is 50.2 Å². The molecule has 0 amide bonds. The van der Waals surface area contributed by atoms with Crippen LogP contribution in [0.3, 0.4) is 0 Å². The highest BCUT2D eigenvalue weighted by atomic mass is 16.5. The van der Waals surface area contributed by atoms with Gasteiger partial charge in [0.25, 0.3) is 0 Å². The van der Waals surface area contributed by atoms with Gasteiger partial charge in [0.1, 0.15) is 6.33 Å². The van der Waals surface area contributed by atoms with Crippen molar-refractivity contribution < 1.29 is 4.74 Å². The smallest absolute Gasteiger partial charge is 0.205 e. The number of hydrogen-bond donors (Lipinski definition) is 2. The van der Waals surface area contributed by atoms with Gasteiger partial charge < -0.3 is 15.1 Å². The predicted octanol–water partition coefficient (Wildman–Crippen LogP) is 0.303. The third-order valence-electron chi connectivity index (χ3n) is 4.01. The zero-order valence-electron chi connectivity index (χ0n) is 11.9. The van der Waals surface area contributed by atoms with E-state index in [0.29, 0.717) is 11.6 Å². The molecule has 3 rings (SSSR count). The number of hydrogen-bond acceptors (Lipinski definition) is 7. The maximum atomic E-state index is 5.46. The molecular formula is C13H22N6O. The van der Waals surface area contributed by atoms with E-state index in [1.807, 2.05) is 0 Å². The van der Waals surface area contributed by atoms with Crippen LogP contribution in [0.2, 0.25) is 0 Å². The standard InChI is InChI=1S/C13H22N6O/c1-20-11-12(17-14)15-9-16-13(11)19-6-4-18(5-7-19)8-10-2-3-10/h9-10H,2-8,14H2,1H3,(H,15,16,17). The summed E-state index contributed by atoms with van der Waals surface area (Å²) in [5, 5.41) is 0. The van der Waals surface area contributed by atoms with Gasteiger partial charge in [-0.25, -0.2) is 15.8 Å². The molecule has 0 radical (unpaired) electrons. The van der Waals surface area contributed by atoms with Gasteiger partial charge in [-0.3, -0.25) is 4.90 Å². The zero-order chi connectivity index (χ0) is 13.9. The molecule has 1 aliphatic heterocycles. The molecule has 7 heteroatoms. The molecule has 1 aliphatic carbocycles. The summed E-state index contributed by atoms with van der Waals surface area (Å²) in [6.07, 6.45) is 4.33. The van der Waals surface area contributed by atoms with E-state index in [0.717, 1.165) is 37.9 Å². The van der Waals surface area contributed by atoms with Crippen LogP contribution in [0.25, 0.3) is 0 Å². The van der Waals surface area contributed by atoms with E-state index in [1.165, 1.54) is 25.7 Å². The van der Waals surface area contributed by atoms with Gasteiger partial charge in [0.15, 0.2) is 11.6 Å². The number of methoxy groups -OCH3 is 1. The molecule has 7 nitrogen and oxygen atoms in total. The summed E-state index contributed by atoms with van der Waals surface area (Å²) in [5.74, 6) is 8.37. The van der Waals surface area contributed by atoms with Crippen LogP contribution in [0, 0.1) is 5.92 Å². The summed E-state index contributed by atoms with van der Waals surface area (Å²) < 4.78 is 5.40. The first-order chi connectivity index (χ1) is 9.81. The molecule has 2 aliphatic rings. The Hall–Kier alpha value is -1.60. The van der Waals surface area contributed by atoms with Gasteiger partial charge in [-0.2, -0.15) is 0 Å². The van der Waals surface area contributed by atoms with E-state index < -0.39 is 0 Å². The highest BCUT2D eigenvalue weighted by Gasteiger charge is 2.27. The Balaban J connectivity index is 1.67. The van der Waals surface area contributed by atoms with E-state index in [4.69, 9.17) is 10.6 Å². The second kappa shape index (κ2) is 5.80. The van der Waals surface area contributed by atoms with Crippen molar-refractivity contribution in [1.82, 2.24) is 14.9 Å². The van der Waals surface area contributed by atoms with Crippen molar-refractivity contribution >= 4 is 11.6 Å². The summed E-state index contributed by atoms with van der Waals surface area (Å²) in [6.45, 7) is 5.34. The molecule has 0 bridgehead atoms. The van der Waals surface area contributed by atoms with E-state index in [2.05, 4.69) is 25.2 Å². The molecular weight excluding hydrogens is 256 g/mol. The van der Waals surface area contributed by atoms with Gasteiger partial charge in [0.2, 0.25) is 5.75 Å². The number of nitrogens with zero attached hydrogens (tertiary/aromatic N) is 4. The molecule has 1 aromatic rings. The van der Waals surface area contributed by atoms with Crippen molar-refractivity contribution in [3.63, 3.8) is 0 Å². The van der Waals surface area contributed by atoms with Gasteiger partial charge >= 0.3 is 0 Å². The van der Waals surface area contributed by atoms with Crippen LogP contribution >= 0.6 is 0 Å². The number of ether oxygens (including phenoxy) is 1. The number of nitrogens with two attached hydrogens (primary N) is 1. The first-order valence-corrected chi connectivity index (χ1v) is 7.14. The molecule has 2 fully saturated rings. The van der Waals surface area contributed by atoms with Crippen molar-refractivity contribution in [3.8, 4) is 5.75 Å². The number of piperazine rings is 1. The normalized spacial score (nSPS) is 20.0. The lowest BCUT2D eigenvalue weighted by atomic mass is 10.2. The lowest BCUT2D eigenvalue weighted by molar-refractivity contribution is 0.247. The average Bonchev–Trinajstić information content (AvgIpc) is 3.31. The number of nitrogen functional groups attached to an aromatic ring is 1. The highest BCUT2D eigenvalue weighted by Crippen LogP contribution is 2.33. The van der Waals surface area contributed by atoms with Gasteiger partial charge in [-0.15, -0.1) is 0 Å². The molecule has 3 N–H and O–H groups in total. The molecule has 2 heterocycles. The van der Waals surface area contributed by atoms with Crippen molar-refractivity contribution in [3.05, 3.63) is 6.33 Å². The highest BCUT2D eigenvalue weighted by molar-refractivity contribution is 5.64. The molecule has 110 valence electrons. The number of anilines is 2. The molecule has 1 aromatic heterocycles. The second-order valence-corrected chi connectivity index (χ2v) is 5.45. The molecule has 0 unspecified atom stereocenters. The molecule has 0 atom stereocenters. The Morgan fingerprint density at radius 1 is 1.30 bits per heavy atom. The zero-order valence-corrected chi connectivity index (χ0v) is 11.9. The Labute approximate surface area is 119 Å². The lowest BCUT2D eigenvalue weighted by Gasteiger charge is -2.35. The summed E-state index contributed by atoms with van der Waals surface area (Å²) in [5.41, 5.74) is 2.56. The van der Waals surface area contributed by atoms with Gasteiger partial charge in [-0.05, 0) is 18.8 Å². The Kier molecular flexibility index (Phi) is 3.88. The fraction of sp³-hybridized carbons (Fsp3) is 0.692. The fourth-order valence-electron chi connectivity index (χ4n) is 2.69. The fourth-order valence-corrected chi connectivity index (χ4v) is 2.69. The topological polar surface area (TPSA) is 79.5 Å². The van der Waals surface area contributed by atoms with Crippen molar-refractivity contribution in [1.29, 1.82) is 0 Å². The maximum absolute atomic E-state index is 5.46.